The second kappa shape index (κ2) is 5.95. The third kappa shape index (κ3) is 2.97. The van der Waals surface area contributed by atoms with Gasteiger partial charge in [-0.3, -0.25) is 0 Å². The van der Waals surface area contributed by atoms with E-state index < -0.39 is 6.03 Å². The molecule has 3 aromatic rings. The molecule has 0 unspecified atom stereocenters. The van der Waals surface area contributed by atoms with E-state index in [1.165, 1.54) is 0 Å². The highest BCUT2D eigenvalue weighted by Crippen LogP contribution is 2.32. The van der Waals surface area contributed by atoms with Crippen molar-refractivity contribution in [3.63, 3.8) is 0 Å². The Balaban J connectivity index is 1.85. The fourth-order valence-corrected chi connectivity index (χ4v) is 2.33. The van der Waals surface area contributed by atoms with Crippen LogP contribution in [0.4, 0.5) is 16.2 Å². The molecule has 0 saturated heterocycles. The molecule has 4 nitrogen and oxygen atoms in total. The van der Waals surface area contributed by atoms with Gasteiger partial charge >= 0.3 is 6.03 Å². The van der Waals surface area contributed by atoms with Gasteiger partial charge in [-0.1, -0.05) is 41.9 Å². The van der Waals surface area contributed by atoms with Crippen LogP contribution in [0.25, 0.3) is 10.8 Å². The first-order valence-electron chi connectivity index (χ1n) is 6.68. The fourth-order valence-electron chi connectivity index (χ4n) is 2.20. The molecule has 22 heavy (non-hydrogen) atoms. The van der Waals surface area contributed by atoms with Crippen LogP contribution >= 0.6 is 11.6 Å². The van der Waals surface area contributed by atoms with Gasteiger partial charge in [0.25, 0.3) is 0 Å². The number of fused-ring (bicyclic) bond motifs is 1. The van der Waals surface area contributed by atoms with Gasteiger partial charge in [-0.2, -0.15) is 0 Å². The molecule has 0 aliphatic heterocycles. The highest BCUT2D eigenvalue weighted by Gasteiger charge is 2.10. The zero-order chi connectivity index (χ0) is 15.5. The Morgan fingerprint density at radius 2 is 1.64 bits per heavy atom. The van der Waals surface area contributed by atoms with Gasteiger partial charge in [0, 0.05) is 16.1 Å². The maximum atomic E-state index is 12.1. The van der Waals surface area contributed by atoms with E-state index in [9.17, 15) is 9.90 Å². The molecule has 0 fully saturated rings. The van der Waals surface area contributed by atoms with Crippen LogP contribution in [0.3, 0.4) is 0 Å². The molecule has 0 saturated carbocycles. The second-order valence-corrected chi connectivity index (χ2v) is 5.20. The number of phenolic OH excluding ortho intramolecular Hbond substituents is 1. The second-order valence-electron chi connectivity index (χ2n) is 4.77. The molecule has 0 spiro atoms. The van der Waals surface area contributed by atoms with E-state index >= 15 is 0 Å². The number of urea groups is 1. The summed E-state index contributed by atoms with van der Waals surface area (Å²) < 4.78 is 0. The minimum atomic E-state index is -0.436. The Morgan fingerprint density at radius 1 is 0.909 bits per heavy atom. The zero-order valence-electron chi connectivity index (χ0n) is 11.5. The molecule has 0 atom stereocenters. The van der Waals surface area contributed by atoms with E-state index in [0.717, 1.165) is 10.8 Å². The maximum absolute atomic E-state index is 12.1. The van der Waals surface area contributed by atoms with E-state index in [0.29, 0.717) is 16.4 Å². The largest absolute Gasteiger partial charge is 0.506 e. The summed E-state index contributed by atoms with van der Waals surface area (Å²) in [6.45, 7) is 0. The first-order chi connectivity index (χ1) is 10.6. The quantitative estimate of drug-likeness (QED) is 0.593. The number of hydrogen-bond donors (Lipinski definition) is 3. The first kappa shape index (κ1) is 14.2. The molecule has 0 aromatic heterocycles. The van der Waals surface area contributed by atoms with E-state index in [1.54, 1.807) is 36.4 Å². The van der Waals surface area contributed by atoms with Crippen molar-refractivity contribution in [3.8, 4) is 5.75 Å². The van der Waals surface area contributed by atoms with Crippen LogP contribution in [-0.4, -0.2) is 11.1 Å². The van der Waals surface area contributed by atoms with Crippen LogP contribution in [0.5, 0.6) is 5.75 Å². The number of carbonyl (C=O) groups excluding carboxylic acids is 1. The lowest BCUT2D eigenvalue weighted by Crippen LogP contribution is -2.19. The molecule has 3 rings (SSSR count). The van der Waals surface area contributed by atoms with Crippen molar-refractivity contribution < 1.29 is 9.90 Å². The normalized spacial score (nSPS) is 10.4. The van der Waals surface area contributed by atoms with Crippen LogP contribution in [0.1, 0.15) is 0 Å². The number of hydrogen-bond acceptors (Lipinski definition) is 2. The number of carbonyl (C=O) groups is 1. The van der Waals surface area contributed by atoms with Crippen molar-refractivity contribution in [1.29, 1.82) is 0 Å². The maximum Gasteiger partial charge on any atom is 0.323 e. The third-order valence-corrected chi connectivity index (χ3v) is 3.50. The number of anilines is 2. The smallest absolute Gasteiger partial charge is 0.323 e. The Bertz CT molecular complexity index is 832. The highest BCUT2D eigenvalue weighted by atomic mass is 35.5. The molecule has 2 amide bonds. The summed E-state index contributed by atoms with van der Waals surface area (Å²) in [6, 6.07) is 17.2. The number of halogens is 1. The standard InChI is InChI=1S/C17H13ClN2O2/c18-12-6-8-13(9-7-12)19-17(22)20-16-14-4-2-1-3-11(14)5-10-15(16)21/h1-10,21H,(H2,19,20,22). The minimum Gasteiger partial charge on any atom is -0.506 e. The van der Waals surface area contributed by atoms with Crippen molar-refractivity contribution in [2.75, 3.05) is 10.6 Å². The molecule has 3 N–H and O–H groups in total. The zero-order valence-corrected chi connectivity index (χ0v) is 12.3. The summed E-state index contributed by atoms with van der Waals surface area (Å²) in [5, 5.41) is 17.7. The number of aromatic hydroxyl groups is 1. The minimum absolute atomic E-state index is 0.0185. The average Bonchev–Trinajstić information content (AvgIpc) is 2.52. The lowest BCUT2D eigenvalue weighted by Gasteiger charge is -2.12. The van der Waals surface area contributed by atoms with Gasteiger partial charge in [0.05, 0.1) is 5.69 Å². The Kier molecular flexibility index (Phi) is 3.85. The number of benzene rings is 3. The molecule has 0 aliphatic carbocycles. The van der Waals surface area contributed by atoms with Gasteiger partial charge < -0.3 is 15.7 Å². The Labute approximate surface area is 132 Å². The lowest BCUT2D eigenvalue weighted by atomic mass is 10.1. The van der Waals surface area contributed by atoms with Gasteiger partial charge in [0.2, 0.25) is 0 Å². The van der Waals surface area contributed by atoms with E-state index in [2.05, 4.69) is 10.6 Å². The van der Waals surface area contributed by atoms with Crippen LogP contribution in [-0.2, 0) is 0 Å². The van der Waals surface area contributed by atoms with Gasteiger partial charge in [-0.25, -0.2) is 4.79 Å². The summed E-state index contributed by atoms with van der Waals surface area (Å²) in [5.74, 6) is 0.0185. The lowest BCUT2D eigenvalue weighted by molar-refractivity contribution is 0.262. The van der Waals surface area contributed by atoms with Crippen LogP contribution < -0.4 is 10.6 Å². The molecular formula is C17H13ClN2O2. The van der Waals surface area contributed by atoms with E-state index in [-0.39, 0.29) is 5.75 Å². The number of rotatable bonds is 2. The number of phenols is 1. The molecule has 0 radical (unpaired) electrons. The molecule has 3 aromatic carbocycles. The third-order valence-electron chi connectivity index (χ3n) is 3.25. The summed E-state index contributed by atoms with van der Waals surface area (Å²) >= 11 is 5.80. The molecule has 5 heteroatoms. The SMILES string of the molecule is O=C(Nc1ccc(Cl)cc1)Nc1c(O)ccc2ccccc12. The summed E-state index contributed by atoms with van der Waals surface area (Å²) in [5.41, 5.74) is 0.992. The highest BCUT2D eigenvalue weighted by molar-refractivity contribution is 6.30. The van der Waals surface area contributed by atoms with Crippen molar-refractivity contribution in [2.24, 2.45) is 0 Å². The number of amides is 2. The van der Waals surface area contributed by atoms with E-state index in [4.69, 9.17) is 11.6 Å². The predicted octanol–water partition coefficient (Wildman–Crippen LogP) is 4.84. The van der Waals surface area contributed by atoms with Gasteiger partial charge in [-0.15, -0.1) is 0 Å². The molecule has 0 heterocycles. The topological polar surface area (TPSA) is 61.4 Å². The molecule has 0 bridgehead atoms. The fraction of sp³-hybridized carbons (Fsp3) is 0. The monoisotopic (exact) mass is 312 g/mol. The Hall–Kier alpha value is -2.72. The molecular weight excluding hydrogens is 300 g/mol. The number of nitrogens with one attached hydrogen (secondary N) is 2. The summed E-state index contributed by atoms with van der Waals surface area (Å²) in [6.07, 6.45) is 0. The van der Waals surface area contributed by atoms with Gasteiger partial charge in [0.1, 0.15) is 5.75 Å². The van der Waals surface area contributed by atoms with Crippen LogP contribution in [0.15, 0.2) is 60.7 Å². The van der Waals surface area contributed by atoms with Crippen molar-refractivity contribution in [1.82, 2.24) is 0 Å². The summed E-state index contributed by atoms with van der Waals surface area (Å²) in [7, 11) is 0. The van der Waals surface area contributed by atoms with E-state index in [1.807, 2.05) is 24.3 Å². The molecule has 0 aliphatic rings. The van der Waals surface area contributed by atoms with Crippen LogP contribution in [0.2, 0.25) is 5.02 Å². The van der Waals surface area contributed by atoms with Gasteiger partial charge in [0.15, 0.2) is 0 Å². The first-order valence-corrected chi connectivity index (χ1v) is 7.05. The average molecular weight is 313 g/mol. The van der Waals surface area contributed by atoms with Crippen molar-refractivity contribution in [3.05, 3.63) is 65.7 Å². The Morgan fingerprint density at radius 3 is 2.41 bits per heavy atom. The van der Waals surface area contributed by atoms with Gasteiger partial charge in [-0.05, 0) is 35.7 Å². The van der Waals surface area contributed by atoms with Crippen molar-refractivity contribution >= 4 is 39.8 Å². The summed E-state index contributed by atoms with van der Waals surface area (Å²) in [4.78, 5) is 12.1. The predicted molar refractivity (Wildman–Crippen MR) is 89.7 cm³/mol. The van der Waals surface area contributed by atoms with Crippen LogP contribution in [0, 0.1) is 0 Å². The molecule has 110 valence electrons. The van der Waals surface area contributed by atoms with Crippen molar-refractivity contribution in [2.45, 2.75) is 0 Å².